The number of ketones is 1. The second kappa shape index (κ2) is 4.91. The van der Waals surface area contributed by atoms with Crippen molar-refractivity contribution in [1.29, 1.82) is 0 Å². The highest BCUT2D eigenvalue weighted by Gasteiger charge is 2.24. The maximum atomic E-state index is 5.74. The first-order valence-corrected chi connectivity index (χ1v) is 7.72. The fourth-order valence-electron chi connectivity index (χ4n) is 2.20. The van der Waals surface area contributed by atoms with Crippen molar-refractivity contribution in [1.82, 2.24) is 0 Å². The molecule has 0 unspecified atom stereocenters. The van der Waals surface area contributed by atoms with Crippen molar-refractivity contribution >= 4 is 26.6 Å². The smallest absolute Gasteiger partial charge is 0.440 e. The average Bonchev–Trinajstić information content (AvgIpc) is 2.46. The van der Waals surface area contributed by atoms with Crippen LogP contribution in [0.15, 0.2) is 54.3 Å². The van der Waals surface area contributed by atoms with Crippen LogP contribution in [-0.4, -0.2) is 15.8 Å². The lowest BCUT2D eigenvalue weighted by atomic mass is 9.92. The number of carbonyl (C=O) groups excluding carboxylic acids is 1. The van der Waals surface area contributed by atoms with E-state index in [4.69, 9.17) is 8.54 Å². The van der Waals surface area contributed by atoms with Crippen molar-refractivity contribution in [2.75, 3.05) is 0 Å². The minimum atomic E-state index is -0.467. The molecule has 0 fully saturated rings. The van der Waals surface area contributed by atoms with Gasteiger partial charge in [0.2, 0.25) is 0 Å². The Bertz CT molecular complexity index is 708. The van der Waals surface area contributed by atoms with Crippen LogP contribution in [-0.2, 0) is 4.43 Å². The normalized spacial score (nSPS) is 15.2. The molecular formula is C17H18O2Si. The van der Waals surface area contributed by atoms with Gasteiger partial charge in [-0.2, -0.15) is 0 Å². The van der Waals surface area contributed by atoms with Crippen molar-refractivity contribution in [3.63, 3.8) is 0 Å². The average molecular weight is 282 g/mol. The van der Waals surface area contributed by atoms with Gasteiger partial charge in [-0.3, -0.25) is 0 Å². The van der Waals surface area contributed by atoms with Gasteiger partial charge in [0, 0.05) is 5.41 Å². The zero-order valence-electron chi connectivity index (χ0n) is 12.0. The summed E-state index contributed by atoms with van der Waals surface area (Å²) in [5, 5.41) is 2.48. The van der Waals surface area contributed by atoms with E-state index in [1.807, 2.05) is 6.08 Å². The summed E-state index contributed by atoms with van der Waals surface area (Å²) < 4.78 is 11.4. The molecule has 0 spiro atoms. The minimum Gasteiger partial charge on any atom is -0.621 e. The number of hydrogen-bond donors (Lipinski definition) is 0. The van der Waals surface area contributed by atoms with Gasteiger partial charge in [-0.25, -0.2) is 0 Å². The van der Waals surface area contributed by atoms with E-state index in [0.29, 0.717) is 0 Å². The van der Waals surface area contributed by atoms with Gasteiger partial charge >= 0.3 is 10.0 Å². The van der Waals surface area contributed by atoms with E-state index >= 15 is 0 Å². The van der Waals surface area contributed by atoms with E-state index < -0.39 is 10.0 Å². The molecule has 0 aliphatic carbocycles. The molecule has 1 heterocycles. The first-order chi connectivity index (χ1) is 9.54. The van der Waals surface area contributed by atoms with Gasteiger partial charge < -0.3 is 8.54 Å². The zero-order valence-corrected chi connectivity index (χ0v) is 13.2. The molecule has 0 aromatic heterocycles. The van der Waals surface area contributed by atoms with Gasteiger partial charge in [0.25, 0.3) is 5.78 Å². The maximum Gasteiger partial charge on any atom is 0.440 e. The molecule has 3 heteroatoms. The van der Waals surface area contributed by atoms with Crippen LogP contribution in [0.5, 0.6) is 0 Å². The largest absolute Gasteiger partial charge is 0.621 e. The number of benzene rings is 2. The lowest BCUT2D eigenvalue weighted by molar-refractivity contribution is -0.109. The predicted octanol–water partition coefficient (Wildman–Crippen LogP) is 3.78. The van der Waals surface area contributed by atoms with Crippen molar-refractivity contribution in [2.45, 2.75) is 20.8 Å². The van der Waals surface area contributed by atoms with E-state index in [9.17, 15) is 0 Å². The van der Waals surface area contributed by atoms with Gasteiger partial charge in [0.05, 0.1) is 17.4 Å². The first kappa shape index (κ1) is 13.1. The second-order valence-corrected chi connectivity index (χ2v) is 6.68. The highest BCUT2D eigenvalue weighted by molar-refractivity contribution is 6.22. The Morgan fingerprint density at radius 2 is 1.75 bits per heavy atom. The molecular weight excluding hydrogens is 264 g/mol. The first-order valence-electron chi connectivity index (χ1n) is 6.77. The lowest BCUT2D eigenvalue weighted by Gasteiger charge is -2.26. The molecule has 0 N–H and O–H groups in total. The third-order valence-electron chi connectivity index (χ3n) is 3.39. The van der Waals surface area contributed by atoms with Crippen LogP contribution >= 0.6 is 0 Å². The van der Waals surface area contributed by atoms with E-state index in [1.54, 1.807) is 0 Å². The third-order valence-corrected chi connectivity index (χ3v) is 4.09. The Morgan fingerprint density at radius 3 is 2.50 bits per heavy atom. The van der Waals surface area contributed by atoms with E-state index in [0.717, 1.165) is 17.1 Å². The summed E-state index contributed by atoms with van der Waals surface area (Å²) in [5.74, 6) is 1.92. The summed E-state index contributed by atoms with van der Waals surface area (Å²) in [4.78, 5) is 0. The van der Waals surface area contributed by atoms with Gasteiger partial charge in [0.1, 0.15) is 0 Å². The molecule has 0 radical (unpaired) electrons. The second-order valence-electron chi connectivity index (χ2n) is 6.02. The van der Waals surface area contributed by atoms with Crippen LogP contribution in [0.4, 0.5) is 0 Å². The summed E-state index contributed by atoms with van der Waals surface area (Å²) in [6.07, 6.45) is 2.03. The summed E-state index contributed by atoms with van der Waals surface area (Å²) >= 11 is 0. The van der Waals surface area contributed by atoms with E-state index in [-0.39, 0.29) is 5.41 Å². The van der Waals surface area contributed by atoms with Gasteiger partial charge in [0.15, 0.2) is 0 Å². The summed E-state index contributed by atoms with van der Waals surface area (Å²) in [7, 11) is -0.467. The molecule has 0 saturated heterocycles. The molecule has 2 nitrogen and oxygen atoms in total. The van der Waals surface area contributed by atoms with Crippen LogP contribution < -0.4 is 0 Å². The van der Waals surface area contributed by atoms with Crippen molar-refractivity contribution in [3.8, 4) is 0 Å². The van der Waals surface area contributed by atoms with Crippen LogP contribution in [0, 0.1) is 5.41 Å². The van der Waals surface area contributed by atoms with Gasteiger partial charge in [-0.15, -0.1) is 0 Å². The molecule has 1 aliphatic rings. The fourth-order valence-corrected chi connectivity index (χ4v) is 3.08. The summed E-state index contributed by atoms with van der Waals surface area (Å²) in [6.45, 7) is 6.46. The van der Waals surface area contributed by atoms with Crippen molar-refractivity contribution in [3.05, 3.63) is 59.9 Å². The highest BCUT2D eigenvalue weighted by atomic mass is 28.2. The SMILES string of the molecule is CC(C)(C)C1=CC(c2ccc3ccccc3c2)=[O+][SiH-]O1. The number of allylic oxidation sites excluding steroid dienone is 2. The molecule has 2 aromatic rings. The number of rotatable bonds is 1. The Labute approximate surface area is 121 Å². The van der Waals surface area contributed by atoms with Gasteiger partial charge in [-0.05, 0) is 22.9 Å². The Hall–Kier alpha value is -1.87. The standard InChI is InChI=1S/C17H18O2Si/c1-17(2,3)16-11-15(18-20-19-16)14-9-8-12-6-4-5-7-13(12)10-14/h4-11,20H,1-3H3. The molecule has 0 bridgehead atoms. The molecule has 3 rings (SSSR count). The lowest BCUT2D eigenvalue weighted by Crippen LogP contribution is -2.20. The van der Waals surface area contributed by atoms with Crippen LogP contribution in [0.2, 0.25) is 0 Å². The summed E-state index contributed by atoms with van der Waals surface area (Å²) in [6, 6.07) is 14.8. The zero-order chi connectivity index (χ0) is 14.2. The topological polar surface area (TPSA) is 20.5 Å². The van der Waals surface area contributed by atoms with E-state index in [2.05, 4.69) is 63.2 Å². The Morgan fingerprint density at radius 1 is 1.00 bits per heavy atom. The molecule has 1 aliphatic heterocycles. The van der Waals surface area contributed by atoms with Gasteiger partial charge in [-0.1, -0.05) is 51.1 Å². The maximum absolute atomic E-state index is 5.74. The molecule has 0 atom stereocenters. The van der Waals surface area contributed by atoms with Crippen LogP contribution in [0.1, 0.15) is 30.4 Å². The fraction of sp³-hybridized carbons (Fsp3) is 0.235. The molecule has 20 heavy (non-hydrogen) atoms. The molecule has 102 valence electrons. The Kier molecular flexibility index (Phi) is 3.22. The molecule has 0 amide bonds. The van der Waals surface area contributed by atoms with Crippen LogP contribution in [0.25, 0.3) is 10.8 Å². The monoisotopic (exact) mass is 282 g/mol. The quantitative estimate of drug-likeness (QED) is 0.576. The van der Waals surface area contributed by atoms with Crippen molar-refractivity contribution in [2.24, 2.45) is 5.41 Å². The number of hydrogen-bond acceptors (Lipinski definition) is 1. The molecule has 2 aromatic carbocycles. The summed E-state index contributed by atoms with van der Waals surface area (Å²) in [5.41, 5.74) is 1.13. The van der Waals surface area contributed by atoms with E-state index in [1.165, 1.54) is 10.8 Å². The number of fused-ring (bicyclic) bond motifs is 1. The highest BCUT2D eigenvalue weighted by Crippen LogP contribution is 2.28. The van der Waals surface area contributed by atoms with Crippen LogP contribution in [0.3, 0.4) is 0 Å². The predicted molar refractivity (Wildman–Crippen MR) is 84.1 cm³/mol. The van der Waals surface area contributed by atoms with Crippen molar-refractivity contribution < 1.29 is 8.54 Å². The third kappa shape index (κ3) is 2.54. The molecule has 0 saturated carbocycles. The minimum absolute atomic E-state index is 0.0128. The Balaban J connectivity index is 2.03.